The Bertz CT molecular complexity index is 564. The standard InChI is InChI=1S/C17H21ClN2/c18-15-5-3-4-13(10-15)11-19-12-14-8-9-20-17-7-2-1-6-16(14)17/h1-2,6-9,13,15,19H,3-5,10-12H2. The SMILES string of the molecule is ClC1CCCC(CNCc2ccnc3ccccc23)C1. The molecule has 3 heteroatoms. The van der Waals surface area contributed by atoms with E-state index in [1.54, 1.807) is 0 Å². The summed E-state index contributed by atoms with van der Waals surface area (Å²) in [7, 11) is 0. The summed E-state index contributed by atoms with van der Waals surface area (Å²) in [6.07, 6.45) is 6.83. The summed E-state index contributed by atoms with van der Waals surface area (Å²) in [6.45, 7) is 1.98. The second kappa shape index (κ2) is 6.55. The van der Waals surface area contributed by atoms with Gasteiger partial charge in [0.25, 0.3) is 0 Å². The van der Waals surface area contributed by atoms with Gasteiger partial charge in [-0.15, -0.1) is 11.6 Å². The van der Waals surface area contributed by atoms with E-state index >= 15 is 0 Å². The first-order valence-electron chi connectivity index (χ1n) is 7.50. The van der Waals surface area contributed by atoms with Crippen LogP contribution in [0, 0.1) is 5.92 Å². The predicted molar refractivity (Wildman–Crippen MR) is 85.0 cm³/mol. The first-order chi connectivity index (χ1) is 9.83. The van der Waals surface area contributed by atoms with Gasteiger partial charge in [0.05, 0.1) is 5.52 Å². The summed E-state index contributed by atoms with van der Waals surface area (Å²) in [5.41, 5.74) is 2.40. The van der Waals surface area contributed by atoms with Crippen molar-refractivity contribution in [2.45, 2.75) is 37.6 Å². The van der Waals surface area contributed by atoms with Crippen molar-refractivity contribution in [3.8, 4) is 0 Å². The molecule has 3 rings (SSSR count). The molecule has 1 fully saturated rings. The van der Waals surface area contributed by atoms with Gasteiger partial charge in [-0.1, -0.05) is 24.6 Å². The maximum absolute atomic E-state index is 6.25. The van der Waals surface area contributed by atoms with E-state index in [2.05, 4.69) is 34.6 Å². The Morgan fingerprint density at radius 3 is 3.00 bits per heavy atom. The minimum atomic E-state index is 0.386. The van der Waals surface area contributed by atoms with E-state index in [4.69, 9.17) is 11.6 Å². The molecule has 1 aliphatic rings. The van der Waals surface area contributed by atoms with Crippen molar-refractivity contribution in [3.05, 3.63) is 42.1 Å². The van der Waals surface area contributed by atoms with Crippen LogP contribution in [0.2, 0.25) is 0 Å². The summed E-state index contributed by atoms with van der Waals surface area (Å²) in [4.78, 5) is 4.40. The van der Waals surface area contributed by atoms with Crippen LogP contribution >= 0.6 is 11.6 Å². The van der Waals surface area contributed by atoms with Crippen LogP contribution < -0.4 is 5.32 Å². The molecule has 106 valence electrons. The monoisotopic (exact) mass is 288 g/mol. The quantitative estimate of drug-likeness (QED) is 0.856. The van der Waals surface area contributed by atoms with Crippen LogP contribution in [0.3, 0.4) is 0 Å². The molecule has 0 amide bonds. The molecule has 1 heterocycles. The number of nitrogens with zero attached hydrogens (tertiary/aromatic N) is 1. The van der Waals surface area contributed by atoms with Crippen LogP contribution in [0.15, 0.2) is 36.5 Å². The van der Waals surface area contributed by atoms with Crippen LogP contribution in [-0.4, -0.2) is 16.9 Å². The average molecular weight is 289 g/mol. The summed E-state index contributed by atoms with van der Waals surface area (Å²) in [5.74, 6) is 0.736. The molecule has 1 aromatic heterocycles. The first-order valence-corrected chi connectivity index (χ1v) is 7.94. The van der Waals surface area contributed by atoms with E-state index in [9.17, 15) is 0 Å². The molecular formula is C17H21ClN2. The van der Waals surface area contributed by atoms with Crippen molar-refractivity contribution in [2.75, 3.05) is 6.54 Å². The highest BCUT2D eigenvalue weighted by Crippen LogP contribution is 2.27. The van der Waals surface area contributed by atoms with E-state index in [-0.39, 0.29) is 0 Å². The second-order valence-electron chi connectivity index (χ2n) is 5.75. The van der Waals surface area contributed by atoms with Gasteiger partial charge in [0.2, 0.25) is 0 Å². The van der Waals surface area contributed by atoms with Crippen molar-refractivity contribution in [3.63, 3.8) is 0 Å². The van der Waals surface area contributed by atoms with E-state index in [1.165, 1.54) is 30.2 Å². The Hall–Kier alpha value is -1.12. The Labute approximate surface area is 125 Å². The first kappa shape index (κ1) is 13.8. The molecule has 0 radical (unpaired) electrons. The molecule has 0 spiro atoms. The Kier molecular flexibility index (Phi) is 4.54. The maximum atomic E-state index is 6.25. The van der Waals surface area contributed by atoms with Crippen molar-refractivity contribution in [1.29, 1.82) is 0 Å². The minimum Gasteiger partial charge on any atom is -0.312 e. The van der Waals surface area contributed by atoms with Gasteiger partial charge < -0.3 is 5.32 Å². The van der Waals surface area contributed by atoms with Crippen molar-refractivity contribution in [1.82, 2.24) is 10.3 Å². The van der Waals surface area contributed by atoms with Gasteiger partial charge >= 0.3 is 0 Å². The van der Waals surface area contributed by atoms with Crippen LogP contribution in [0.5, 0.6) is 0 Å². The van der Waals surface area contributed by atoms with Gasteiger partial charge in [0, 0.05) is 23.5 Å². The second-order valence-corrected chi connectivity index (χ2v) is 6.37. The molecule has 2 atom stereocenters. The molecule has 2 nitrogen and oxygen atoms in total. The smallest absolute Gasteiger partial charge is 0.0705 e. The summed E-state index contributed by atoms with van der Waals surface area (Å²) < 4.78 is 0. The average Bonchev–Trinajstić information content (AvgIpc) is 2.48. The number of fused-ring (bicyclic) bond motifs is 1. The lowest BCUT2D eigenvalue weighted by Gasteiger charge is -2.25. The third-order valence-electron chi connectivity index (χ3n) is 4.21. The van der Waals surface area contributed by atoms with E-state index in [0.717, 1.165) is 30.9 Å². The maximum Gasteiger partial charge on any atom is 0.0705 e. The van der Waals surface area contributed by atoms with Gasteiger partial charge in [-0.25, -0.2) is 0 Å². The number of halogens is 1. The lowest BCUT2D eigenvalue weighted by atomic mass is 9.89. The largest absolute Gasteiger partial charge is 0.312 e. The van der Waals surface area contributed by atoms with E-state index in [0.29, 0.717) is 5.38 Å². The zero-order valence-electron chi connectivity index (χ0n) is 11.7. The fourth-order valence-corrected chi connectivity index (χ4v) is 3.54. The van der Waals surface area contributed by atoms with Crippen LogP contribution in [-0.2, 0) is 6.54 Å². The Balaban J connectivity index is 1.60. The van der Waals surface area contributed by atoms with Crippen LogP contribution in [0.25, 0.3) is 10.9 Å². The molecule has 20 heavy (non-hydrogen) atoms. The molecule has 1 saturated carbocycles. The number of pyridine rings is 1. The third kappa shape index (κ3) is 3.31. The number of hydrogen-bond donors (Lipinski definition) is 1. The van der Waals surface area contributed by atoms with Gasteiger partial charge in [0.15, 0.2) is 0 Å². The van der Waals surface area contributed by atoms with E-state index < -0.39 is 0 Å². The number of benzene rings is 1. The minimum absolute atomic E-state index is 0.386. The molecule has 0 aliphatic heterocycles. The van der Waals surface area contributed by atoms with Crippen molar-refractivity contribution < 1.29 is 0 Å². The Morgan fingerprint density at radius 2 is 2.10 bits per heavy atom. The van der Waals surface area contributed by atoms with Crippen LogP contribution in [0.4, 0.5) is 0 Å². The molecule has 2 unspecified atom stereocenters. The van der Waals surface area contributed by atoms with Gasteiger partial charge in [-0.3, -0.25) is 4.98 Å². The number of alkyl halides is 1. The number of rotatable bonds is 4. The van der Waals surface area contributed by atoms with Gasteiger partial charge in [0.1, 0.15) is 0 Å². The fourth-order valence-electron chi connectivity index (χ4n) is 3.13. The summed E-state index contributed by atoms with van der Waals surface area (Å²) in [6, 6.07) is 10.4. The highest BCUT2D eigenvalue weighted by Gasteiger charge is 2.19. The highest BCUT2D eigenvalue weighted by molar-refractivity contribution is 6.20. The lowest BCUT2D eigenvalue weighted by Crippen LogP contribution is -2.27. The predicted octanol–water partition coefficient (Wildman–Crippen LogP) is 4.12. The van der Waals surface area contributed by atoms with Gasteiger partial charge in [-0.2, -0.15) is 0 Å². The third-order valence-corrected chi connectivity index (χ3v) is 4.60. The molecular weight excluding hydrogens is 268 g/mol. The van der Waals surface area contributed by atoms with Crippen molar-refractivity contribution in [2.24, 2.45) is 5.92 Å². The molecule has 1 aliphatic carbocycles. The summed E-state index contributed by atoms with van der Waals surface area (Å²) >= 11 is 6.25. The molecule has 2 aromatic rings. The number of para-hydroxylation sites is 1. The molecule has 0 bridgehead atoms. The molecule has 1 N–H and O–H groups in total. The van der Waals surface area contributed by atoms with Crippen LogP contribution in [0.1, 0.15) is 31.2 Å². The molecule has 0 saturated heterocycles. The number of aromatic nitrogens is 1. The summed E-state index contributed by atoms with van der Waals surface area (Å²) in [5, 5.41) is 5.24. The molecule has 1 aromatic carbocycles. The number of nitrogens with one attached hydrogen (secondary N) is 1. The topological polar surface area (TPSA) is 24.9 Å². The normalized spacial score (nSPS) is 23.1. The van der Waals surface area contributed by atoms with Gasteiger partial charge in [-0.05, 0) is 49.4 Å². The fraction of sp³-hybridized carbons (Fsp3) is 0.471. The zero-order valence-corrected chi connectivity index (χ0v) is 12.4. The van der Waals surface area contributed by atoms with Crippen molar-refractivity contribution >= 4 is 22.5 Å². The zero-order chi connectivity index (χ0) is 13.8. The number of hydrogen-bond acceptors (Lipinski definition) is 2. The van der Waals surface area contributed by atoms with E-state index in [1.807, 2.05) is 12.3 Å². The highest BCUT2D eigenvalue weighted by atomic mass is 35.5. The Morgan fingerprint density at radius 1 is 1.20 bits per heavy atom. The lowest BCUT2D eigenvalue weighted by molar-refractivity contribution is 0.346.